The van der Waals surface area contributed by atoms with E-state index in [1.807, 2.05) is 26.8 Å². The first-order valence-electron chi connectivity index (χ1n) is 10.4. The maximum Gasteiger partial charge on any atom is 0.314 e. The van der Waals surface area contributed by atoms with Gasteiger partial charge in [0.1, 0.15) is 11.6 Å². The molecule has 0 aromatic heterocycles. The van der Waals surface area contributed by atoms with Gasteiger partial charge in [-0.2, -0.15) is 5.26 Å². The minimum atomic E-state index is -0.635. The average Bonchev–Trinajstić information content (AvgIpc) is 2.83. The van der Waals surface area contributed by atoms with E-state index in [0.717, 1.165) is 25.3 Å². The van der Waals surface area contributed by atoms with Crippen molar-refractivity contribution in [1.29, 1.82) is 5.26 Å². The third-order valence-electron chi connectivity index (χ3n) is 4.55. The molecule has 3 nitrogen and oxygen atoms in total. The number of carbonyl (C=O) groups excluding carboxylic acids is 1. The summed E-state index contributed by atoms with van der Waals surface area (Å²) < 4.78 is 19.1. The van der Waals surface area contributed by atoms with Crippen molar-refractivity contribution in [3.63, 3.8) is 0 Å². The predicted molar refractivity (Wildman–Crippen MR) is 109 cm³/mol. The number of unbranched alkanes of at least 4 members (excludes halogenated alkanes) is 2. The monoisotopic (exact) mass is 377 g/mol. The first-order chi connectivity index (χ1) is 13.0. The molecule has 0 fully saturated rings. The van der Waals surface area contributed by atoms with Gasteiger partial charge < -0.3 is 4.74 Å². The molecule has 2 atom stereocenters. The Morgan fingerprint density at radius 1 is 1.22 bits per heavy atom. The highest BCUT2D eigenvalue weighted by molar-refractivity contribution is 5.73. The molecule has 0 N–H and O–H groups in total. The van der Waals surface area contributed by atoms with E-state index in [9.17, 15) is 9.18 Å². The molecule has 0 aliphatic heterocycles. The van der Waals surface area contributed by atoms with Gasteiger partial charge in [0.25, 0.3) is 0 Å². The Bertz CT molecular complexity index is 569. The number of ether oxygens (including phenoxy) is 1. The van der Waals surface area contributed by atoms with E-state index in [2.05, 4.69) is 13.8 Å². The van der Waals surface area contributed by atoms with Crippen molar-refractivity contribution in [3.8, 4) is 6.07 Å². The van der Waals surface area contributed by atoms with Crippen LogP contribution in [0.3, 0.4) is 0 Å². The van der Waals surface area contributed by atoms with E-state index in [4.69, 9.17) is 10.00 Å². The van der Waals surface area contributed by atoms with Crippen LogP contribution in [0.5, 0.6) is 0 Å². The molecule has 0 aromatic rings. The molecule has 1 aliphatic carbocycles. The maximum absolute atomic E-state index is 13.8. The van der Waals surface area contributed by atoms with E-state index < -0.39 is 5.83 Å². The Balaban J connectivity index is 0.00000326. The fourth-order valence-corrected chi connectivity index (χ4v) is 2.81. The zero-order chi connectivity index (χ0) is 20.7. The van der Waals surface area contributed by atoms with Gasteiger partial charge >= 0.3 is 5.97 Å². The highest BCUT2D eigenvalue weighted by atomic mass is 19.1. The van der Waals surface area contributed by atoms with Crippen LogP contribution in [0.4, 0.5) is 4.39 Å². The molecule has 27 heavy (non-hydrogen) atoms. The van der Waals surface area contributed by atoms with E-state index in [0.29, 0.717) is 5.92 Å². The molecule has 0 saturated carbocycles. The second-order valence-electron chi connectivity index (χ2n) is 6.95. The fraction of sp³-hybridized carbons (Fsp3) is 0.652. The van der Waals surface area contributed by atoms with Gasteiger partial charge in [-0.3, -0.25) is 4.79 Å². The predicted octanol–water partition coefficient (Wildman–Crippen LogP) is 7.17. The molecule has 0 heterocycles. The Labute approximate surface area is 165 Å². The normalized spacial score (nSPS) is 15.7. The summed E-state index contributed by atoms with van der Waals surface area (Å²) in [7, 11) is 0. The number of hydrogen-bond donors (Lipinski definition) is 0. The lowest BCUT2D eigenvalue weighted by Gasteiger charge is -2.14. The highest BCUT2D eigenvalue weighted by Gasteiger charge is 2.17. The van der Waals surface area contributed by atoms with Gasteiger partial charge in [-0.15, -0.1) is 0 Å². The fourth-order valence-electron chi connectivity index (χ4n) is 2.81. The Morgan fingerprint density at radius 2 is 1.89 bits per heavy atom. The molecule has 152 valence electrons. The van der Waals surface area contributed by atoms with Gasteiger partial charge in [-0.25, -0.2) is 4.39 Å². The summed E-state index contributed by atoms with van der Waals surface area (Å²) in [5.74, 6) is -0.354. The number of esters is 1. The van der Waals surface area contributed by atoms with E-state index >= 15 is 0 Å². The Morgan fingerprint density at radius 3 is 2.52 bits per heavy atom. The second kappa shape index (κ2) is 15.2. The zero-order valence-electron chi connectivity index (χ0n) is 17.7. The number of hydrogen-bond acceptors (Lipinski definition) is 3. The first-order valence-corrected chi connectivity index (χ1v) is 10.4. The van der Waals surface area contributed by atoms with E-state index in [1.165, 1.54) is 25.7 Å². The van der Waals surface area contributed by atoms with Crippen molar-refractivity contribution in [2.45, 2.75) is 86.0 Å². The molecule has 4 heteroatoms. The SMILES string of the molecule is CC.CCCCCC(C)CCCC(C)C(=O)OC1=CC(F)=C(C#N)CC=C1. The molecular weight excluding hydrogens is 341 g/mol. The number of halogens is 1. The molecule has 0 aromatic carbocycles. The van der Waals surface area contributed by atoms with Crippen molar-refractivity contribution in [2.24, 2.45) is 11.8 Å². The molecule has 0 radical (unpaired) electrons. The number of allylic oxidation sites excluding steroid dienone is 5. The summed E-state index contributed by atoms with van der Waals surface area (Å²) in [4.78, 5) is 12.2. The quantitative estimate of drug-likeness (QED) is 0.299. The lowest BCUT2D eigenvalue weighted by Crippen LogP contribution is -2.14. The van der Waals surface area contributed by atoms with Crippen molar-refractivity contribution in [1.82, 2.24) is 0 Å². The third kappa shape index (κ3) is 10.8. The summed E-state index contributed by atoms with van der Waals surface area (Å²) in [6, 6.07) is 1.82. The molecule has 0 amide bonds. The smallest absolute Gasteiger partial charge is 0.314 e. The van der Waals surface area contributed by atoms with Crippen LogP contribution in [0.2, 0.25) is 0 Å². The van der Waals surface area contributed by atoms with E-state index in [-0.39, 0.29) is 29.6 Å². The van der Waals surface area contributed by atoms with Crippen molar-refractivity contribution >= 4 is 5.97 Å². The van der Waals surface area contributed by atoms with Crippen LogP contribution in [-0.4, -0.2) is 5.97 Å². The molecule has 2 unspecified atom stereocenters. The van der Waals surface area contributed by atoms with Crippen LogP contribution in [-0.2, 0) is 9.53 Å². The van der Waals surface area contributed by atoms with Crippen LogP contribution in [0.1, 0.15) is 86.0 Å². The topological polar surface area (TPSA) is 50.1 Å². The van der Waals surface area contributed by atoms with Gasteiger partial charge in [0.05, 0.1) is 17.6 Å². The minimum absolute atomic E-state index is 0.0485. The van der Waals surface area contributed by atoms with Crippen LogP contribution in [0.15, 0.2) is 35.4 Å². The van der Waals surface area contributed by atoms with Gasteiger partial charge in [0, 0.05) is 12.5 Å². The minimum Gasteiger partial charge on any atom is -0.426 e. The Hall–Kier alpha value is -1.89. The zero-order valence-corrected chi connectivity index (χ0v) is 17.7. The molecule has 1 aliphatic rings. The van der Waals surface area contributed by atoms with Crippen LogP contribution < -0.4 is 0 Å². The summed E-state index contributed by atoms with van der Waals surface area (Å²) in [5.41, 5.74) is 0.0485. The standard InChI is InChI=1S/C21H30FNO2.C2H6/c1-4-5-6-9-16(2)10-7-11-17(3)21(24)25-19-13-8-12-18(15-23)20(22)14-19;1-2/h8,13-14,16-17H,4-7,9-12H2,1-3H3;1-2H3. The summed E-state index contributed by atoms with van der Waals surface area (Å²) >= 11 is 0. The van der Waals surface area contributed by atoms with E-state index in [1.54, 1.807) is 12.2 Å². The number of nitriles is 1. The molecule has 1 rings (SSSR count). The number of carbonyl (C=O) groups is 1. The van der Waals surface area contributed by atoms with Crippen molar-refractivity contribution < 1.29 is 13.9 Å². The number of nitrogens with zero attached hydrogens (tertiary/aromatic N) is 1. The van der Waals surface area contributed by atoms with Crippen molar-refractivity contribution in [2.75, 3.05) is 0 Å². The molecule has 0 saturated heterocycles. The van der Waals surface area contributed by atoms with Gasteiger partial charge in [0.15, 0.2) is 0 Å². The molecule has 0 bridgehead atoms. The average molecular weight is 378 g/mol. The molecule has 0 spiro atoms. The lowest BCUT2D eigenvalue weighted by atomic mass is 9.95. The van der Waals surface area contributed by atoms with Gasteiger partial charge in [0.2, 0.25) is 0 Å². The highest BCUT2D eigenvalue weighted by Crippen LogP contribution is 2.22. The summed E-state index contributed by atoms with van der Waals surface area (Å²) in [6.45, 7) is 10.3. The van der Waals surface area contributed by atoms with Crippen LogP contribution >= 0.6 is 0 Å². The van der Waals surface area contributed by atoms with Gasteiger partial charge in [-0.1, -0.05) is 79.2 Å². The lowest BCUT2D eigenvalue weighted by molar-refractivity contribution is -0.143. The third-order valence-corrected chi connectivity index (χ3v) is 4.55. The largest absolute Gasteiger partial charge is 0.426 e. The van der Waals surface area contributed by atoms with Crippen molar-refractivity contribution in [3.05, 3.63) is 35.4 Å². The Kier molecular flexibility index (Phi) is 14.1. The maximum atomic E-state index is 13.8. The van der Waals surface area contributed by atoms with Gasteiger partial charge in [-0.05, 0) is 18.4 Å². The number of rotatable bonds is 10. The second-order valence-corrected chi connectivity index (χ2v) is 6.95. The first kappa shape index (κ1) is 25.1. The summed E-state index contributed by atoms with van der Waals surface area (Å²) in [5, 5.41) is 8.83. The van der Waals surface area contributed by atoms with Crippen LogP contribution in [0.25, 0.3) is 0 Å². The summed E-state index contributed by atoms with van der Waals surface area (Å²) in [6.07, 6.45) is 12.4. The van der Waals surface area contributed by atoms with Crippen LogP contribution in [0, 0.1) is 23.2 Å². The molecular formula is C23H36FNO2.